The second kappa shape index (κ2) is 10.2. The van der Waals surface area contributed by atoms with Crippen LogP contribution in [0.4, 0.5) is 0 Å². The fourth-order valence-corrected chi connectivity index (χ4v) is 3.68. The monoisotopic (exact) mass is 453 g/mol. The fraction of sp³-hybridized carbons (Fsp3) is 0.208. The summed E-state index contributed by atoms with van der Waals surface area (Å²) >= 11 is 3.49. The van der Waals surface area contributed by atoms with Gasteiger partial charge in [0.1, 0.15) is 11.7 Å². The molecule has 0 heterocycles. The van der Waals surface area contributed by atoms with Crippen LogP contribution in [0.2, 0.25) is 0 Å². The number of rotatable bonds is 8. The minimum atomic E-state index is -0.568. The molecule has 150 valence electrons. The molecular formula is C24H24BrNO3. The van der Waals surface area contributed by atoms with Gasteiger partial charge < -0.3 is 14.8 Å². The normalized spacial score (nSPS) is 12.8. The van der Waals surface area contributed by atoms with Gasteiger partial charge in [0.2, 0.25) is 0 Å². The van der Waals surface area contributed by atoms with Gasteiger partial charge in [-0.15, -0.1) is 0 Å². The van der Waals surface area contributed by atoms with Crippen molar-refractivity contribution in [3.05, 3.63) is 100 Å². The van der Waals surface area contributed by atoms with Crippen LogP contribution in [0.15, 0.2) is 83.3 Å². The minimum Gasteiger partial charge on any atom is -0.496 e. The zero-order valence-corrected chi connectivity index (χ0v) is 18.1. The highest BCUT2D eigenvalue weighted by molar-refractivity contribution is 9.10. The lowest BCUT2D eigenvalue weighted by Gasteiger charge is -2.28. The zero-order valence-electron chi connectivity index (χ0n) is 16.5. The van der Waals surface area contributed by atoms with Crippen LogP contribution in [-0.2, 0) is 16.1 Å². The molecule has 0 saturated heterocycles. The molecule has 0 amide bonds. The van der Waals surface area contributed by atoms with E-state index in [4.69, 9.17) is 9.47 Å². The summed E-state index contributed by atoms with van der Waals surface area (Å²) in [4.78, 5) is 12.9. The van der Waals surface area contributed by atoms with Crippen LogP contribution < -0.4 is 10.1 Å². The quantitative estimate of drug-likeness (QED) is 0.473. The van der Waals surface area contributed by atoms with Gasteiger partial charge in [-0.3, -0.25) is 4.79 Å². The summed E-state index contributed by atoms with van der Waals surface area (Å²) in [5.41, 5.74) is 2.92. The minimum absolute atomic E-state index is 0.299. The SMILES string of the molecule is COC(=O)[C@@H](c1ccccc1OC)[C@@H](NCc1ccccc1)c1ccc(Br)cc1. The summed E-state index contributed by atoms with van der Waals surface area (Å²) in [6, 6.07) is 25.4. The molecule has 0 aliphatic rings. The molecule has 0 saturated carbocycles. The first-order valence-corrected chi connectivity index (χ1v) is 10.2. The maximum atomic E-state index is 12.9. The molecule has 0 aliphatic heterocycles. The second-order valence-electron chi connectivity index (χ2n) is 6.64. The number of benzene rings is 3. The largest absolute Gasteiger partial charge is 0.496 e. The Morgan fingerprint density at radius 2 is 1.59 bits per heavy atom. The molecule has 4 nitrogen and oxygen atoms in total. The van der Waals surface area contributed by atoms with Crippen LogP contribution in [0.25, 0.3) is 0 Å². The van der Waals surface area contributed by atoms with Crippen LogP contribution >= 0.6 is 15.9 Å². The van der Waals surface area contributed by atoms with E-state index in [0.717, 1.165) is 21.2 Å². The highest BCUT2D eigenvalue weighted by Gasteiger charge is 2.34. The number of ether oxygens (including phenoxy) is 2. The van der Waals surface area contributed by atoms with E-state index in [-0.39, 0.29) is 12.0 Å². The van der Waals surface area contributed by atoms with Crippen LogP contribution in [0.3, 0.4) is 0 Å². The molecule has 3 aromatic rings. The van der Waals surface area contributed by atoms with Gasteiger partial charge in [-0.2, -0.15) is 0 Å². The average molecular weight is 454 g/mol. The van der Waals surface area contributed by atoms with Gasteiger partial charge in [0.15, 0.2) is 0 Å². The van der Waals surface area contributed by atoms with Gasteiger partial charge in [0, 0.05) is 16.6 Å². The van der Waals surface area contributed by atoms with Gasteiger partial charge in [-0.25, -0.2) is 0 Å². The van der Waals surface area contributed by atoms with Crippen LogP contribution in [0, 0.1) is 0 Å². The van der Waals surface area contributed by atoms with Crippen molar-refractivity contribution in [2.45, 2.75) is 18.5 Å². The molecule has 0 fully saturated rings. The summed E-state index contributed by atoms with van der Waals surface area (Å²) in [7, 11) is 3.03. The number of para-hydroxylation sites is 1. The molecule has 3 rings (SSSR count). The van der Waals surface area contributed by atoms with E-state index in [2.05, 4.69) is 33.4 Å². The molecule has 0 bridgehead atoms. The highest BCUT2D eigenvalue weighted by atomic mass is 79.9. The first-order valence-electron chi connectivity index (χ1n) is 9.37. The molecule has 0 aliphatic carbocycles. The average Bonchev–Trinajstić information content (AvgIpc) is 2.77. The van der Waals surface area contributed by atoms with Gasteiger partial charge in [-0.1, -0.05) is 76.6 Å². The lowest BCUT2D eigenvalue weighted by molar-refractivity contribution is -0.143. The molecule has 1 N–H and O–H groups in total. The summed E-state index contributed by atoms with van der Waals surface area (Å²) in [6.07, 6.45) is 0. The Balaban J connectivity index is 2.04. The van der Waals surface area contributed by atoms with E-state index in [1.165, 1.54) is 7.11 Å². The van der Waals surface area contributed by atoms with Crippen molar-refractivity contribution in [2.24, 2.45) is 0 Å². The summed E-state index contributed by atoms with van der Waals surface area (Å²) < 4.78 is 11.7. The van der Waals surface area contributed by atoms with Crippen molar-refractivity contribution < 1.29 is 14.3 Å². The number of methoxy groups -OCH3 is 2. The number of hydrogen-bond acceptors (Lipinski definition) is 4. The number of nitrogens with one attached hydrogen (secondary N) is 1. The van der Waals surface area contributed by atoms with Gasteiger partial charge >= 0.3 is 5.97 Å². The molecule has 5 heteroatoms. The van der Waals surface area contributed by atoms with Crippen molar-refractivity contribution in [3.8, 4) is 5.75 Å². The zero-order chi connectivity index (χ0) is 20.6. The molecule has 0 unspecified atom stereocenters. The number of carbonyl (C=O) groups excluding carboxylic acids is 1. The number of halogens is 1. The molecule has 0 radical (unpaired) electrons. The van der Waals surface area contributed by atoms with E-state index in [0.29, 0.717) is 12.3 Å². The van der Waals surface area contributed by atoms with Crippen molar-refractivity contribution in [3.63, 3.8) is 0 Å². The Morgan fingerprint density at radius 1 is 0.931 bits per heavy atom. The van der Waals surface area contributed by atoms with E-state index < -0.39 is 5.92 Å². The van der Waals surface area contributed by atoms with Crippen molar-refractivity contribution in [2.75, 3.05) is 14.2 Å². The summed E-state index contributed by atoms with van der Waals surface area (Å²) in [5.74, 6) is -0.226. The van der Waals surface area contributed by atoms with Gasteiger partial charge in [0.25, 0.3) is 0 Å². The Kier molecular flexibility index (Phi) is 7.44. The standard InChI is InChI=1S/C24H24BrNO3/c1-28-21-11-7-6-10-20(21)22(24(27)29-2)23(18-12-14-19(25)15-13-18)26-16-17-8-4-3-5-9-17/h3-15,22-23,26H,16H2,1-2H3/t22-,23-/m0/s1. The molecular weight excluding hydrogens is 430 g/mol. The predicted octanol–water partition coefficient (Wildman–Crippen LogP) is 5.25. The van der Waals surface area contributed by atoms with E-state index >= 15 is 0 Å². The Labute approximate surface area is 180 Å². The fourth-order valence-electron chi connectivity index (χ4n) is 3.41. The highest BCUT2D eigenvalue weighted by Crippen LogP contribution is 2.37. The Hall–Kier alpha value is -2.63. The maximum Gasteiger partial charge on any atom is 0.315 e. The third kappa shape index (κ3) is 5.25. The summed E-state index contributed by atoms with van der Waals surface area (Å²) in [6.45, 7) is 0.615. The van der Waals surface area contributed by atoms with Crippen molar-refractivity contribution in [1.29, 1.82) is 0 Å². The number of hydrogen-bond donors (Lipinski definition) is 1. The lowest BCUT2D eigenvalue weighted by Crippen LogP contribution is -2.32. The van der Waals surface area contributed by atoms with Crippen molar-refractivity contribution >= 4 is 21.9 Å². The summed E-state index contributed by atoms with van der Waals surface area (Å²) in [5, 5.41) is 3.57. The molecule has 2 atom stereocenters. The third-order valence-corrected chi connectivity index (χ3v) is 5.39. The molecule has 0 aromatic heterocycles. The van der Waals surface area contributed by atoms with E-state index in [1.54, 1.807) is 7.11 Å². The van der Waals surface area contributed by atoms with Crippen LogP contribution in [0.1, 0.15) is 28.7 Å². The first-order chi connectivity index (χ1) is 14.1. The number of esters is 1. The third-order valence-electron chi connectivity index (χ3n) is 4.86. The van der Waals surface area contributed by atoms with E-state index in [1.807, 2.05) is 66.7 Å². The maximum absolute atomic E-state index is 12.9. The Morgan fingerprint density at radius 3 is 2.24 bits per heavy atom. The molecule has 29 heavy (non-hydrogen) atoms. The van der Waals surface area contributed by atoms with E-state index in [9.17, 15) is 4.79 Å². The topological polar surface area (TPSA) is 47.6 Å². The van der Waals surface area contributed by atoms with Gasteiger partial charge in [-0.05, 0) is 29.3 Å². The van der Waals surface area contributed by atoms with Crippen LogP contribution in [-0.4, -0.2) is 20.2 Å². The Bertz CT molecular complexity index is 928. The van der Waals surface area contributed by atoms with Crippen LogP contribution in [0.5, 0.6) is 5.75 Å². The molecule has 0 spiro atoms. The lowest BCUT2D eigenvalue weighted by atomic mass is 9.86. The number of carbonyl (C=O) groups is 1. The van der Waals surface area contributed by atoms with Crippen molar-refractivity contribution in [1.82, 2.24) is 5.32 Å². The smallest absolute Gasteiger partial charge is 0.315 e. The second-order valence-corrected chi connectivity index (χ2v) is 7.55. The predicted molar refractivity (Wildman–Crippen MR) is 118 cm³/mol. The van der Waals surface area contributed by atoms with Gasteiger partial charge in [0.05, 0.1) is 20.3 Å². The first kappa shape index (κ1) is 21.1. The molecule has 3 aromatic carbocycles.